The lowest BCUT2D eigenvalue weighted by Crippen LogP contribution is -2.23. The summed E-state index contributed by atoms with van der Waals surface area (Å²) in [4.78, 5) is 4.32. The molecule has 0 fully saturated rings. The van der Waals surface area contributed by atoms with Crippen molar-refractivity contribution in [1.29, 1.82) is 0 Å². The zero-order chi connectivity index (χ0) is 12.8. The van der Waals surface area contributed by atoms with Crippen molar-refractivity contribution in [3.8, 4) is 11.4 Å². The molecule has 0 radical (unpaired) electrons. The Hall–Kier alpha value is -1.88. The third-order valence-electron chi connectivity index (χ3n) is 2.78. The van der Waals surface area contributed by atoms with E-state index in [1.54, 1.807) is 19.5 Å². The SMILES string of the molecule is CCC(COC)Nc1cn[nH]c1-c1ccccn1. The number of pyridine rings is 1. The fraction of sp³-hybridized carbons (Fsp3) is 0.385. The summed E-state index contributed by atoms with van der Waals surface area (Å²) < 4.78 is 5.18. The highest BCUT2D eigenvalue weighted by atomic mass is 16.5. The molecule has 0 aliphatic carbocycles. The van der Waals surface area contributed by atoms with E-state index in [1.807, 2.05) is 18.2 Å². The first-order chi connectivity index (χ1) is 8.85. The number of methoxy groups -OCH3 is 1. The summed E-state index contributed by atoms with van der Waals surface area (Å²) in [5.74, 6) is 0. The molecule has 2 rings (SSSR count). The van der Waals surface area contributed by atoms with Crippen molar-refractivity contribution in [3.63, 3.8) is 0 Å². The van der Waals surface area contributed by atoms with Crippen LogP contribution in [-0.4, -0.2) is 34.9 Å². The highest BCUT2D eigenvalue weighted by Gasteiger charge is 2.12. The minimum Gasteiger partial charge on any atom is -0.383 e. The average molecular weight is 246 g/mol. The Balaban J connectivity index is 2.18. The van der Waals surface area contributed by atoms with Crippen LogP contribution in [0.3, 0.4) is 0 Å². The molecule has 0 spiro atoms. The first-order valence-electron chi connectivity index (χ1n) is 6.05. The summed E-state index contributed by atoms with van der Waals surface area (Å²) in [5.41, 5.74) is 2.74. The Morgan fingerprint density at radius 3 is 3.00 bits per heavy atom. The Labute approximate surface area is 107 Å². The molecule has 5 nitrogen and oxygen atoms in total. The summed E-state index contributed by atoms with van der Waals surface area (Å²) in [6.07, 6.45) is 4.54. The molecular formula is C13H18N4O. The molecule has 2 aromatic heterocycles. The third-order valence-corrected chi connectivity index (χ3v) is 2.78. The Kier molecular flexibility index (Phi) is 4.30. The summed E-state index contributed by atoms with van der Waals surface area (Å²) in [7, 11) is 1.71. The minimum atomic E-state index is 0.273. The molecule has 1 unspecified atom stereocenters. The van der Waals surface area contributed by atoms with Gasteiger partial charge in [0.15, 0.2) is 0 Å². The van der Waals surface area contributed by atoms with Crippen LogP contribution in [0.2, 0.25) is 0 Å². The smallest absolute Gasteiger partial charge is 0.107 e. The number of nitrogens with one attached hydrogen (secondary N) is 2. The molecule has 2 heterocycles. The summed E-state index contributed by atoms with van der Waals surface area (Å²) in [6, 6.07) is 6.08. The minimum absolute atomic E-state index is 0.273. The second kappa shape index (κ2) is 6.16. The highest BCUT2D eigenvalue weighted by molar-refractivity contribution is 5.71. The number of aromatic amines is 1. The zero-order valence-electron chi connectivity index (χ0n) is 10.7. The van der Waals surface area contributed by atoms with Gasteiger partial charge in [0.25, 0.3) is 0 Å². The monoisotopic (exact) mass is 246 g/mol. The van der Waals surface area contributed by atoms with Gasteiger partial charge in [-0.2, -0.15) is 5.10 Å². The molecule has 1 atom stereocenters. The van der Waals surface area contributed by atoms with Crippen LogP contribution in [0.15, 0.2) is 30.6 Å². The molecule has 96 valence electrons. The van der Waals surface area contributed by atoms with Crippen LogP contribution < -0.4 is 5.32 Å². The topological polar surface area (TPSA) is 62.8 Å². The molecule has 2 N–H and O–H groups in total. The summed E-state index contributed by atoms with van der Waals surface area (Å²) in [5, 5.41) is 10.5. The molecule has 0 bridgehead atoms. The molecule has 0 saturated heterocycles. The van der Waals surface area contributed by atoms with Crippen LogP contribution in [0.5, 0.6) is 0 Å². The highest BCUT2D eigenvalue weighted by Crippen LogP contribution is 2.24. The molecular weight excluding hydrogens is 228 g/mol. The maximum atomic E-state index is 5.18. The van der Waals surface area contributed by atoms with Gasteiger partial charge in [-0.1, -0.05) is 13.0 Å². The quantitative estimate of drug-likeness (QED) is 0.821. The standard InChI is InChI=1S/C13H18N4O/c1-3-10(9-18-2)16-12-8-15-17-13(12)11-6-4-5-7-14-11/h4-8,10,16H,3,9H2,1-2H3,(H,15,17). The van der Waals surface area contributed by atoms with E-state index in [0.29, 0.717) is 6.61 Å². The largest absolute Gasteiger partial charge is 0.383 e. The van der Waals surface area contributed by atoms with E-state index in [0.717, 1.165) is 23.5 Å². The number of hydrogen-bond acceptors (Lipinski definition) is 4. The van der Waals surface area contributed by atoms with Gasteiger partial charge in [0.05, 0.1) is 24.2 Å². The molecule has 0 aliphatic rings. The maximum absolute atomic E-state index is 5.18. The van der Waals surface area contributed by atoms with Gasteiger partial charge in [0, 0.05) is 19.3 Å². The van der Waals surface area contributed by atoms with E-state index < -0.39 is 0 Å². The number of nitrogens with zero attached hydrogens (tertiary/aromatic N) is 2. The van der Waals surface area contributed by atoms with Crippen molar-refractivity contribution in [2.45, 2.75) is 19.4 Å². The van der Waals surface area contributed by atoms with Crippen LogP contribution in [0.1, 0.15) is 13.3 Å². The molecule has 18 heavy (non-hydrogen) atoms. The normalized spacial score (nSPS) is 12.3. The molecule has 0 amide bonds. The van der Waals surface area contributed by atoms with Gasteiger partial charge in [0.2, 0.25) is 0 Å². The Morgan fingerprint density at radius 1 is 1.44 bits per heavy atom. The molecule has 2 aromatic rings. The Bertz CT molecular complexity index is 469. The van der Waals surface area contributed by atoms with Crippen molar-refractivity contribution in [3.05, 3.63) is 30.6 Å². The van der Waals surface area contributed by atoms with Crippen LogP contribution in [0.25, 0.3) is 11.4 Å². The average Bonchev–Trinajstić information content (AvgIpc) is 2.87. The summed E-state index contributed by atoms with van der Waals surface area (Å²) in [6.45, 7) is 2.79. The van der Waals surface area contributed by atoms with Gasteiger partial charge in [-0.15, -0.1) is 0 Å². The summed E-state index contributed by atoms with van der Waals surface area (Å²) >= 11 is 0. The van der Waals surface area contributed by atoms with Crippen LogP contribution >= 0.6 is 0 Å². The van der Waals surface area contributed by atoms with Crippen molar-refractivity contribution < 1.29 is 4.74 Å². The van der Waals surface area contributed by atoms with Crippen molar-refractivity contribution in [1.82, 2.24) is 15.2 Å². The van der Waals surface area contributed by atoms with E-state index in [4.69, 9.17) is 4.74 Å². The third kappa shape index (κ3) is 2.87. The van der Waals surface area contributed by atoms with Gasteiger partial charge >= 0.3 is 0 Å². The predicted octanol–water partition coefficient (Wildman–Crippen LogP) is 2.31. The van der Waals surface area contributed by atoms with Gasteiger partial charge in [-0.05, 0) is 18.6 Å². The van der Waals surface area contributed by atoms with Crippen molar-refractivity contribution >= 4 is 5.69 Å². The second-order valence-corrected chi connectivity index (χ2v) is 4.08. The lowest BCUT2D eigenvalue weighted by Gasteiger charge is -2.16. The fourth-order valence-electron chi connectivity index (χ4n) is 1.78. The number of H-pyrrole nitrogens is 1. The number of anilines is 1. The lowest BCUT2D eigenvalue weighted by atomic mass is 10.2. The number of ether oxygens (including phenoxy) is 1. The van der Waals surface area contributed by atoms with Gasteiger partial charge in [-0.3, -0.25) is 10.1 Å². The number of hydrogen-bond donors (Lipinski definition) is 2. The zero-order valence-corrected chi connectivity index (χ0v) is 10.7. The number of aromatic nitrogens is 3. The molecule has 0 aromatic carbocycles. The van der Waals surface area contributed by atoms with Gasteiger partial charge in [0.1, 0.15) is 5.69 Å². The second-order valence-electron chi connectivity index (χ2n) is 4.08. The predicted molar refractivity (Wildman–Crippen MR) is 71.4 cm³/mol. The van der Waals surface area contributed by atoms with E-state index in [9.17, 15) is 0 Å². The van der Waals surface area contributed by atoms with Crippen molar-refractivity contribution in [2.24, 2.45) is 0 Å². The van der Waals surface area contributed by atoms with Crippen LogP contribution in [-0.2, 0) is 4.74 Å². The molecule has 0 saturated carbocycles. The van der Waals surface area contributed by atoms with Gasteiger partial charge in [-0.25, -0.2) is 0 Å². The van der Waals surface area contributed by atoms with E-state index in [1.165, 1.54) is 0 Å². The van der Waals surface area contributed by atoms with E-state index >= 15 is 0 Å². The Morgan fingerprint density at radius 2 is 2.33 bits per heavy atom. The fourth-order valence-corrected chi connectivity index (χ4v) is 1.78. The van der Waals surface area contributed by atoms with Crippen LogP contribution in [0.4, 0.5) is 5.69 Å². The van der Waals surface area contributed by atoms with Crippen molar-refractivity contribution in [2.75, 3.05) is 19.0 Å². The first-order valence-corrected chi connectivity index (χ1v) is 6.05. The maximum Gasteiger partial charge on any atom is 0.107 e. The van der Waals surface area contributed by atoms with E-state index in [-0.39, 0.29) is 6.04 Å². The van der Waals surface area contributed by atoms with Gasteiger partial charge < -0.3 is 10.1 Å². The van der Waals surface area contributed by atoms with E-state index in [2.05, 4.69) is 27.4 Å². The first kappa shape index (κ1) is 12.6. The molecule has 5 heteroatoms. The number of rotatable bonds is 6. The van der Waals surface area contributed by atoms with Crippen LogP contribution in [0, 0.1) is 0 Å². The lowest BCUT2D eigenvalue weighted by molar-refractivity contribution is 0.184. The molecule has 0 aliphatic heterocycles.